The van der Waals surface area contributed by atoms with Gasteiger partial charge in [-0.15, -0.1) is 0 Å². The molecule has 3 fully saturated rings. The lowest BCUT2D eigenvalue weighted by molar-refractivity contribution is -0.140. The van der Waals surface area contributed by atoms with Gasteiger partial charge in [-0.05, 0) is 29.9 Å². The maximum Gasteiger partial charge on any atom is 0.236 e. The molecule has 1 aromatic rings. The molecule has 8 heteroatoms. The molecule has 2 amide bonds. The van der Waals surface area contributed by atoms with Gasteiger partial charge in [-0.3, -0.25) is 19.4 Å². The summed E-state index contributed by atoms with van der Waals surface area (Å²) in [6.45, 7) is 2.98. The Morgan fingerprint density at radius 2 is 1.48 bits per heavy atom. The average molecular weight is 442 g/mol. The van der Waals surface area contributed by atoms with Crippen molar-refractivity contribution >= 4 is 27.9 Å². The van der Waals surface area contributed by atoms with Gasteiger partial charge in [0, 0.05) is 44.7 Å². The van der Waals surface area contributed by atoms with Crippen molar-refractivity contribution in [1.29, 1.82) is 0 Å². The second-order valence-electron chi connectivity index (χ2n) is 8.83. The molecule has 4 atom stereocenters. The zero-order valence-electron chi connectivity index (χ0n) is 17.3. The van der Waals surface area contributed by atoms with E-state index in [1.165, 1.54) is 14.6 Å². The van der Waals surface area contributed by atoms with Gasteiger partial charge in [0.25, 0.3) is 0 Å². The Hall–Kier alpha value is -2.29. The first-order valence-corrected chi connectivity index (χ1v) is 12.4. The highest BCUT2D eigenvalue weighted by Crippen LogP contribution is 2.52. The minimum absolute atomic E-state index is 0.0147. The number of carbonyl (C=O) groups excluding carboxylic acids is 2. The number of rotatable bonds is 6. The van der Waals surface area contributed by atoms with E-state index in [0.717, 1.165) is 12.0 Å². The van der Waals surface area contributed by atoms with Gasteiger partial charge >= 0.3 is 0 Å². The zero-order chi connectivity index (χ0) is 21.6. The Labute approximate surface area is 183 Å². The van der Waals surface area contributed by atoms with Crippen molar-refractivity contribution < 1.29 is 18.0 Å². The van der Waals surface area contributed by atoms with Crippen molar-refractivity contribution in [3.05, 3.63) is 53.5 Å². The summed E-state index contributed by atoms with van der Waals surface area (Å²) in [5, 5.41) is 1.26. The number of carbonyl (C=O) groups is 2. The highest BCUT2D eigenvalue weighted by Gasteiger charge is 2.59. The number of likely N-dealkylation sites (tertiary alicyclic amines) is 1. The molecule has 31 heavy (non-hydrogen) atoms. The van der Waals surface area contributed by atoms with Crippen LogP contribution >= 0.6 is 0 Å². The molecule has 0 spiro atoms. The van der Waals surface area contributed by atoms with E-state index >= 15 is 0 Å². The molecule has 2 saturated heterocycles. The van der Waals surface area contributed by atoms with E-state index < -0.39 is 10.0 Å². The molecule has 4 unspecified atom stereocenters. The van der Waals surface area contributed by atoms with Crippen LogP contribution < -0.4 is 0 Å². The fourth-order valence-corrected chi connectivity index (χ4v) is 6.62. The third kappa shape index (κ3) is 3.77. The van der Waals surface area contributed by atoms with Crippen LogP contribution in [0.15, 0.2) is 47.9 Å². The molecular formula is C23H27N3O4S. The van der Waals surface area contributed by atoms with Gasteiger partial charge in [-0.2, -0.15) is 4.31 Å². The molecule has 2 heterocycles. The molecule has 1 saturated carbocycles. The van der Waals surface area contributed by atoms with E-state index in [1.54, 1.807) is 6.08 Å². The molecule has 2 aliphatic heterocycles. The number of imide groups is 1. The van der Waals surface area contributed by atoms with E-state index in [-0.39, 0.29) is 35.5 Å². The second-order valence-corrected chi connectivity index (χ2v) is 10.6. The van der Waals surface area contributed by atoms with Crippen molar-refractivity contribution in [2.75, 3.05) is 39.3 Å². The predicted molar refractivity (Wildman–Crippen MR) is 117 cm³/mol. The van der Waals surface area contributed by atoms with Crippen LogP contribution in [-0.2, 0) is 19.6 Å². The maximum atomic E-state index is 12.8. The van der Waals surface area contributed by atoms with Gasteiger partial charge in [0.2, 0.25) is 21.8 Å². The lowest BCUT2D eigenvalue weighted by Crippen LogP contribution is -2.50. The van der Waals surface area contributed by atoms with Crippen molar-refractivity contribution in [2.45, 2.75) is 6.42 Å². The van der Waals surface area contributed by atoms with E-state index in [1.807, 2.05) is 30.3 Å². The second kappa shape index (κ2) is 8.00. The van der Waals surface area contributed by atoms with E-state index in [9.17, 15) is 18.0 Å². The summed E-state index contributed by atoms with van der Waals surface area (Å²) in [6, 6.07) is 9.35. The highest BCUT2D eigenvalue weighted by atomic mass is 32.2. The van der Waals surface area contributed by atoms with Crippen LogP contribution in [0.3, 0.4) is 0 Å². The van der Waals surface area contributed by atoms with Crippen LogP contribution in [0.4, 0.5) is 0 Å². The van der Waals surface area contributed by atoms with Gasteiger partial charge < -0.3 is 0 Å². The number of allylic oxidation sites excluding steroid dienone is 2. The fourth-order valence-electron chi connectivity index (χ4n) is 5.45. The Balaban J connectivity index is 1.13. The Morgan fingerprint density at radius 1 is 0.871 bits per heavy atom. The number of fused-ring (bicyclic) bond motifs is 5. The van der Waals surface area contributed by atoms with Crippen LogP contribution in [0.25, 0.3) is 6.08 Å². The molecule has 164 valence electrons. The average Bonchev–Trinajstić information content (AvgIpc) is 3.46. The van der Waals surface area contributed by atoms with Gasteiger partial charge in [-0.25, -0.2) is 8.42 Å². The first-order valence-electron chi connectivity index (χ1n) is 10.9. The number of hydrogen-bond acceptors (Lipinski definition) is 5. The summed E-state index contributed by atoms with van der Waals surface area (Å²) >= 11 is 0. The van der Waals surface area contributed by atoms with Crippen molar-refractivity contribution in [2.24, 2.45) is 23.7 Å². The largest absolute Gasteiger partial charge is 0.299 e. The Bertz CT molecular complexity index is 998. The van der Waals surface area contributed by atoms with Crippen molar-refractivity contribution in [3.8, 4) is 0 Å². The van der Waals surface area contributed by atoms with Crippen LogP contribution in [0.2, 0.25) is 0 Å². The van der Waals surface area contributed by atoms with E-state index in [0.29, 0.717) is 39.3 Å². The molecule has 5 rings (SSSR count). The summed E-state index contributed by atoms with van der Waals surface area (Å²) < 4.78 is 26.7. The molecule has 0 radical (unpaired) electrons. The van der Waals surface area contributed by atoms with Crippen LogP contribution in [-0.4, -0.2) is 73.6 Å². The normalized spacial score (nSPS) is 31.3. The van der Waals surface area contributed by atoms with Crippen LogP contribution in [0.1, 0.15) is 12.0 Å². The number of amides is 2. The Kier molecular flexibility index (Phi) is 5.32. The monoisotopic (exact) mass is 441 g/mol. The quantitative estimate of drug-likeness (QED) is 0.493. The molecular weight excluding hydrogens is 414 g/mol. The van der Waals surface area contributed by atoms with Crippen LogP contribution in [0.5, 0.6) is 0 Å². The number of sulfonamides is 1. The summed E-state index contributed by atoms with van der Waals surface area (Å²) in [6.07, 6.45) is 6.76. The van der Waals surface area contributed by atoms with Crippen molar-refractivity contribution in [3.63, 3.8) is 0 Å². The highest BCUT2D eigenvalue weighted by molar-refractivity contribution is 7.92. The van der Waals surface area contributed by atoms with Crippen LogP contribution in [0, 0.1) is 23.7 Å². The molecule has 1 aromatic carbocycles. The lowest BCUT2D eigenvalue weighted by Gasteiger charge is -2.34. The summed E-state index contributed by atoms with van der Waals surface area (Å²) in [5.74, 6) is 0.128. The first-order chi connectivity index (χ1) is 14.9. The van der Waals surface area contributed by atoms with Gasteiger partial charge in [0.1, 0.15) is 0 Å². The number of piperazine rings is 1. The third-order valence-corrected chi connectivity index (χ3v) is 8.69. The molecule has 2 aliphatic carbocycles. The SMILES string of the molecule is O=C1C2C3C=CC(C3)C2C(=O)N1CCN1CCN(S(=O)(=O)/C=C\c2ccccc2)CC1. The summed E-state index contributed by atoms with van der Waals surface area (Å²) in [7, 11) is -3.47. The summed E-state index contributed by atoms with van der Waals surface area (Å²) in [5.41, 5.74) is 0.845. The Morgan fingerprint density at radius 3 is 2.10 bits per heavy atom. The smallest absolute Gasteiger partial charge is 0.236 e. The molecule has 0 N–H and O–H groups in total. The standard InChI is InChI=1S/C23H27N3O4S/c27-22-20-18-6-7-19(16-18)21(20)23(28)26(22)14-11-24-9-12-25(13-10-24)31(29,30)15-8-17-4-2-1-3-5-17/h1-8,15,18-21H,9-14,16H2/b15-8-. The van der Waals surface area contributed by atoms with Gasteiger partial charge in [0.15, 0.2) is 0 Å². The molecule has 7 nitrogen and oxygen atoms in total. The third-order valence-electron chi connectivity index (χ3n) is 7.12. The molecule has 0 aromatic heterocycles. The van der Waals surface area contributed by atoms with E-state index in [2.05, 4.69) is 17.1 Å². The molecule has 2 bridgehead atoms. The minimum Gasteiger partial charge on any atom is -0.299 e. The van der Waals surface area contributed by atoms with Gasteiger partial charge in [0.05, 0.1) is 11.8 Å². The summed E-state index contributed by atoms with van der Waals surface area (Å²) in [4.78, 5) is 29.2. The number of hydrogen-bond donors (Lipinski definition) is 0. The molecule has 4 aliphatic rings. The van der Waals surface area contributed by atoms with Gasteiger partial charge in [-0.1, -0.05) is 42.5 Å². The van der Waals surface area contributed by atoms with Crippen molar-refractivity contribution in [1.82, 2.24) is 14.1 Å². The fraction of sp³-hybridized carbons (Fsp3) is 0.478. The topological polar surface area (TPSA) is 78.0 Å². The van der Waals surface area contributed by atoms with E-state index in [4.69, 9.17) is 0 Å². The maximum absolute atomic E-state index is 12.8. The predicted octanol–water partition coefficient (Wildman–Crippen LogP) is 1.41. The first kappa shape index (κ1) is 20.6. The zero-order valence-corrected chi connectivity index (χ0v) is 18.2. The number of nitrogens with zero attached hydrogens (tertiary/aromatic N) is 3. The number of benzene rings is 1. The minimum atomic E-state index is -3.47. The lowest BCUT2D eigenvalue weighted by atomic mass is 9.85.